The zero-order chi connectivity index (χ0) is 9.61. The molecule has 74 valence electrons. The summed E-state index contributed by atoms with van der Waals surface area (Å²) in [5, 5.41) is 0.567. The number of methoxy groups -OCH3 is 1. The third-order valence-electron chi connectivity index (χ3n) is 1.99. The molecule has 12 heavy (non-hydrogen) atoms. The van der Waals surface area contributed by atoms with Gasteiger partial charge < -0.3 is 10.5 Å². The van der Waals surface area contributed by atoms with Crippen molar-refractivity contribution in [2.45, 2.75) is 38.0 Å². The van der Waals surface area contributed by atoms with E-state index in [0.717, 1.165) is 18.7 Å². The first-order chi connectivity index (χ1) is 5.52. The average Bonchev–Trinajstić information content (AvgIpc) is 2.04. The lowest BCUT2D eigenvalue weighted by Crippen LogP contribution is -2.24. The van der Waals surface area contributed by atoms with E-state index in [4.69, 9.17) is 10.5 Å². The molecule has 0 aliphatic rings. The molecule has 0 bridgehead atoms. The van der Waals surface area contributed by atoms with Crippen molar-refractivity contribution >= 4 is 11.8 Å². The van der Waals surface area contributed by atoms with Crippen LogP contribution in [0.25, 0.3) is 0 Å². The van der Waals surface area contributed by atoms with Crippen LogP contribution >= 0.6 is 11.8 Å². The van der Waals surface area contributed by atoms with E-state index in [-0.39, 0.29) is 5.60 Å². The number of ether oxygens (including phenoxy) is 1. The molecule has 2 nitrogen and oxygen atoms in total. The number of nitrogens with two attached hydrogens (primary N) is 1. The summed E-state index contributed by atoms with van der Waals surface area (Å²) >= 11 is 1.91. The Morgan fingerprint density at radius 1 is 1.50 bits per heavy atom. The van der Waals surface area contributed by atoms with Gasteiger partial charge in [-0.3, -0.25) is 0 Å². The maximum absolute atomic E-state index is 5.50. The molecule has 0 aromatic rings. The first-order valence-electron chi connectivity index (χ1n) is 4.38. The molecule has 0 fully saturated rings. The van der Waals surface area contributed by atoms with Crippen molar-refractivity contribution in [2.24, 2.45) is 5.73 Å². The van der Waals surface area contributed by atoms with Crippen molar-refractivity contribution in [3.8, 4) is 0 Å². The highest BCUT2D eigenvalue weighted by molar-refractivity contribution is 7.99. The van der Waals surface area contributed by atoms with Gasteiger partial charge in [0.1, 0.15) is 0 Å². The highest BCUT2D eigenvalue weighted by Gasteiger charge is 2.15. The molecule has 0 amide bonds. The van der Waals surface area contributed by atoms with Crippen molar-refractivity contribution < 1.29 is 4.74 Å². The molecule has 1 unspecified atom stereocenters. The van der Waals surface area contributed by atoms with Crippen LogP contribution in [0.4, 0.5) is 0 Å². The van der Waals surface area contributed by atoms with Gasteiger partial charge in [0, 0.05) is 18.9 Å². The molecule has 0 aromatic carbocycles. The van der Waals surface area contributed by atoms with Crippen molar-refractivity contribution in [2.75, 3.05) is 19.4 Å². The molecule has 2 N–H and O–H groups in total. The van der Waals surface area contributed by atoms with Crippen LogP contribution in [-0.2, 0) is 4.74 Å². The summed E-state index contributed by atoms with van der Waals surface area (Å²) < 4.78 is 5.31. The highest BCUT2D eigenvalue weighted by Crippen LogP contribution is 2.18. The normalized spacial score (nSPS) is 14.8. The molecular weight excluding hydrogens is 170 g/mol. The zero-order valence-corrected chi connectivity index (χ0v) is 9.41. The standard InChI is InChI=1S/C9H21NOS/c1-8(7-10)12-6-5-9(2,3)11-4/h8H,5-7,10H2,1-4H3. The fourth-order valence-electron chi connectivity index (χ4n) is 0.676. The fourth-order valence-corrected chi connectivity index (χ4v) is 1.82. The van der Waals surface area contributed by atoms with E-state index in [1.54, 1.807) is 7.11 Å². The van der Waals surface area contributed by atoms with Crippen molar-refractivity contribution in [3.05, 3.63) is 0 Å². The number of hydrogen-bond donors (Lipinski definition) is 1. The van der Waals surface area contributed by atoms with Gasteiger partial charge in [0.05, 0.1) is 5.60 Å². The Morgan fingerprint density at radius 2 is 2.08 bits per heavy atom. The molecule has 0 radical (unpaired) electrons. The molecule has 3 heteroatoms. The van der Waals surface area contributed by atoms with E-state index in [9.17, 15) is 0 Å². The van der Waals surface area contributed by atoms with E-state index >= 15 is 0 Å². The Labute approximate surface area is 80.2 Å². The number of rotatable bonds is 6. The minimum atomic E-state index is 0.0152. The monoisotopic (exact) mass is 191 g/mol. The van der Waals surface area contributed by atoms with E-state index in [0.29, 0.717) is 5.25 Å². The Hall–Kier alpha value is 0.270. The molecule has 0 aliphatic carbocycles. The lowest BCUT2D eigenvalue weighted by molar-refractivity contribution is 0.0206. The van der Waals surface area contributed by atoms with Crippen molar-refractivity contribution in [1.82, 2.24) is 0 Å². The minimum absolute atomic E-state index is 0.0152. The van der Waals surface area contributed by atoms with Gasteiger partial charge in [-0.2, -0.15) is 11.8 Å². The van der Waals surface area contributed by atoms with Gasteiger partial charge in [0.25, 0.3) is 0 Å². The third kappa shape index (κ3) is 5.86. The SMILES string of the molecule is COC(C)(C)CCSC(C)CN. The molecule has 0 aromatic heterocycles. The second kappa shape index (κ2) is 5.84. The largest absolute Gasteiger partial charge is 0.379 e. The van der Waals surface area contributed by atoms with Gasteiger partial charge in [0.15, 0.2) is 0 Å². The Kier molecular flexibility index (Phi) is 5.97. The first-order valence-corrected chi connectivity index (χ1v) is 5.43. The fraction of sp³-hybridized carbons (Fsp3) is 1.00. The molecule has 0 spiro atoms. The minimum Gasteiger partial charge on any atom is -0.379 e. The molecular formula is C9H21NOS. The molecule has 0 rings (SSSR count). The summed E-state index contributed by atoms with van der Waals surface area (Å²) in [5.41, 5.74) is 5.52. The molecule has 0 aliphatic heterocycles. The Balaban J connectivity index is 3.42. The lowest BCUT2D eigenvalue weighted by Gasteiger charge is -2.23. The van der Waals surface area contributed by atoms with Gasteiger partial charge in [0.2, 0.25) is 0 Å². The summed E-state index contributed by atoms with van der Waals surface area (Å²) in [7, 11) is 1.76. The summed E-state index contributed by atoms with van der Waals surface area (Å²) in [6.45, 7) is 7.14. The smallest absolute Gasteiger partial charge is 0.0630 e. The van der Waals surface area contributed by atoms with E-state index in [2.05, 4.69) is 20.8 Å². The third-order valence-corrected chi connectivity index (χ3v) is 3.19. The summed E-state index contributed by atoms with van der Waals surface area (Å²) in [4.78, 5) is 0. The zero-order valence-electron chi connectivity index (χ0n) is 8.59. The van der Waals surface area contributed by atoms with Crippen LogP contribution in [0, 0.1) is 0 Å². The Morgan fingerprint density at radius 3 is 2.50 bits per heavy atom. The van der Waals surface area contributed by atoms with Gasteiger partial charge in [-0.1, -0.05) is 6.92 Å². The van der Waals surface area contributed by atoms with E-state index in [1.165, 1.54) is 0 Å². The van der Waals surface area contributed by atoms with Crippen molar-refractivity contribution in [3.63, 3.8) is 0 Å². The van der Waals surface area contributed by atoms with Crippen LogP contribution in [0.15, 0.2) is 0 Å². The topological polar surface area (TPSA) is 35.2 Å². The van der Waals surface area contributed by atoms with Gasteiger partial charge >= 0.3 is 0 Å². The van der Waals surface area contributed by atoms with Gasteiger partial charge in [-0.05, 0) is 26.0 Å². The quantitative estimate of drug-likeness (QED) is 0.696. The second-order valence-electron chi connectivity index (χ2n) is 3.63. The van der Waals surface area contributed by atoms with Gasteiger partial charge in [-0.15, -0.1) is 0 Å². The van der Waals surface area contributed by atoms with Crippen LogP contribution < -0.4 is 5.73 Å². The molecule has 0 saturated heterocycles. The average molecular weight is 191 g/mol. The lowest BCUT2D eigenvalue weighted by atomic mass is 10.1. The molecule has 0 saturated carbocycles. The maximum Gasteiger partial charge on any atom is 0.0630 e. The molecule has 1 atom stereocenters. The van der Waals surface area contributed by atoms with E-state index < -0.39 is 0 Å². The van der Waals surface area contributed by atoms with E-state index in [1.807, 2.05) is 11.8 Å². The highest BCUT2D eigenvalue weighted by atomic mass is 32.2. The van der Waals surface area contributed by atoms with Gasteiger partial charge in [-0.25, -0.2) is 0 Å². The predicted molar refractivity (Wildman–Crippen MR) is 56.7 cm³/mol. The van der Waals surface area contributed by atoms with Crippen LogP contribution in [0.3, 0.4) is 0 Å². The van der Waals surface area contributed by atoms with Crippen LogP contribution in [0.1, 0.15) is 27.2 Å². The summed E-state index contributed by atoms with van der Waals surface area (Å²) in [5.74, 6) is 1.12. The van der Waals surface area contributed by atoms with Crippen LogP contribution in [0.2, 0.25) is 0 Å². The van der Waals surface area contributed by atoms with Crippen LogP contribution in [-0.4, -0.2) is 30.3 Å². The van der Waals surface area contributed by atoms with Crippen molar-refractivity contribution in [1.29, 1.82) is 0 Å². The number of thioether (sulfide) groups is 1. The molecule has 0 heterocycles. The summed E-state index contributed by atoms with van der Waals surface area (Å²) in [6, 6.07) is 0. The van der Waals surface area contributed by atoms with Crippen LogP contribution in [0.5, 0.6) is 0 Å². The second-order valence-corrected chi connectivity index (χ2v) is 5.18. The predicted octanol–water partition coefficient (Wildman–Crippen LogP) is 1.88. The summed E-state index contributed by atoms with van der Waals surface area (Å²) in [6.07, 6.45) is 1.08. The Bertz CT molecular complexity index is 117. The first kappa shape index (κ1) is 12.3. The maximum atomic E-state index is 5.50. The number of hydrogen-bond acceptors (Lipinski definition) is 3.